The van der Waals surface area contributed by atoms with E-state index < -0.39 is 12.2 Å². The van der Waals surface area contributed by atoms with E-state index in [0.29, 0.717) is 61.5 Å². The van der Waals surface area contributed by atoms with Crippen molar-refractivity contribution in [2.45, 2.75) is 211 Å². The van der Waals surface area contributed by atoms with E-state index >= 15 is 0 Å². The normalized spacial score (nSPS) is 36.2. The first kappa shape index (κ1) is 42.3. The van der Waals surface area contributed by atoms with Crippen molar-refractivity contribution < 1.29 is 38.6 Å². The van der Waals surface area contributed by atoms with Gasteiger partial charge in [-0.1, -0.05) is 47.0 Å². The molecular weight excluding hydrogens is 668 g/mol. The highest BCUT2D eigenvalue weighted by molar-refractivity contribution is 4.93. The van der Waals surface area contributed by atoms with E-state index in [1.807, 2.05) is 0 Å². The van der Waals surface area contributed by atoms with Crippen molar-refractivity contribution >= 4 is 0 Å². The quantitative estimate of drug-likeness (QED) is 0.127. The molecule has 0 aromatic rings. The van der Waals surface area contributed by atoms with Crippen molar-refractivity contribution in [3.05, 3.63) is 0 Å². The zero-order chi connectivity index (χ0) is 37.3. The molecular formula is C45H80O8. The number of rotatable bonds is 19. The fraction of sp³-hybridized carbons (Fsp3) is 1.00. The third-order valence-electron chi connectivity index (χ3n) is 15.5. The van der Waals surface area contributed by atoms with E-state index in [1.54, 1.807) is 0 Å². The van der Waals surface area contributed by atoms with Crippen LogP contribution in [0.1, 0.15) is 163 Å². The van der Waals surface area contributed by atoms with Crippen LogP contribution in [0.3, 0.4) is 0 Å². The van der Waals surface area contributed by atoms with Crippen LogP contribution >= 0.6 is 0 Å². The molecule has 8 heteroatoms. The van der Waals surface area contributed by atoms with E-state index in [2.05, 4.69) is 27.7 Å². The third-order valence-corrected chi connectivity index (χ3v) is 15.5. The first-order valence-corrected chi connectivity index (χ1v) is 22.6. The van der Waals surface area contributed by atoms with Crippen molar-refractivity contribution in [1.82, 2.24) is 0 Å². The molecule has 8 nitrogen and oxygen atoms in total. The van der Waals surface area contributed by atoms with Crippen LogP contribution in [0.4, 0.5) is 0 Å². The molecule has 0 aromatic heterocycles. The highest BCUT2D eigenvalue weighted by atomic mass is 16.6. The summed E-state index contributed by atoms with van der Waals surface area (Å²) in [5.41, 5.74) is 0.671. The van der Waals surface area contributed by atoms with Crippen LogP contribution in [-0.4, -0.2) is 98.7 Å². The number of hydrogen-bond donors (Lipinski definition) is 2. The molecule has 1 heterocycles. The maximum atomic E-state index is 10.8. The zero-order valence-electron chi connectivity index (χ0n) is 34.4. The maximum Gasteiger partial charge on any atom is 0.104 e. The van der Waals surface area contributed by atoms with Crippen LogP contribution in [0.2, 0.25) is 0 Å². The minimum atomic E-state index is -0.551. The van der Waals surface area contributed by atoms with E-state index in [-0.39, 0.29) is 18.3 Å². The lowest BCUT2D eigenvalue weighted by Crippen LogP contribution is -2.40. The average Bonchev–Trinajstić information content (AvgIpc) is 4.03. The second-order valence-corrected chi connectivity index (χ2v) is 19.7. The Morgan fingerprint density at radius 1 is 0.434 bits per heavy atom. The second kappa shape index (κ2) is 20.4. The summed E-state index contributed by atoms with van der Waals surface area (Å²) in [6.45, 7) is 13.3. The number of aliphatic hydroxyl groups is 2. The Bertz CT molecular complexity index is 1010. The van der Waals surface area contributed by atoms with Crippen LogP contribution in [0, 0.1) is 34.5 Å². The summed E-state index contributed by atoms with van der Waals surface area (Å²) >= 11 is 0. The fourth-order valence-electron chi connectivity index (χ4n) is 11.3. The molecule has 5 aliphatic carbocycles. The minimum Gasteiger partial charge on any atom is -0.388 e. The second-order valence-electron chi connectivity index (χ2n) is 19.7. The van der Waals surface area contributed by atoms with Gasteiger partial charge >= 0.3 is 0 Å². The van der Waals surface area contributed by atoms with E-state index in [1.165, 1.54) is 83.5 Å². The maximum absolute atomic E-state index is 10.8. The topological polar surface area (TPSA) is 99.1 Å². The summed E-state index contributed by atoms with van der Waals surface area (Å²) in [6, 6.07) is 0. The van der Waals surface area contributed by atoms with Gasteiger partial charge in [0.2, 0.25) is 0 Å². The van der Waals surface area contributed by atoms with Gasteiger partial charge in [0.1, 0.15) is 18.3 Å². The Labute approximate surface area is 323 Å². The first-order valence-electron chi connectivity index (χ1n) is 22.6. The molecule has 1 aliphatic heterocycles. The highest BCUT2D eigenvalue weighted by Crippen LogP contribution is 2.50. The summed E-state index contributed by atoms with van der Waals surface area (Å²) in [5.74, 6) is 2.97. The number of ether oxygens (including phenoxy) is 6. The lowest BCUT2D eigenvalue weighted by Gasteiger charge is -2.46. The molecule has 308 valence electrons. The molecule has 0 radical (unpaired) electrons. The van der Waals surface area contributed by atoms with Crippen LogP contribution in [-0.2, 0) is 28.4 Å². The summed E-state index contributed by atoms with van der Waals surface area (Å²) in [6.07, 6.45) is 25.8. The predicted octanol–water partition coefficient (Wildman–Crippen LogP) is 8.81. The summed E-state index contributed by atoms with van der Waals surface area (Å²) in [4.78, 5) is 0. The van der Waals surface area contributed by atoms with Crippen molar-refractivity contribution in [3.63, 3.8) is 0 Å². The van der Waals surface area contributed by atoms with Gasteiger partial charge in [-0.2, -0.15) is 0 Å². The summed E-state index contributed by atoms with van der Waals surface area (Å²) in [7, 11) is 0. The van der Waals surface area contributed by atoms with Gasteiger partial charge in [0, 0.05) is 0 Å². The van der Waals surface area contributed by atoms with Gasteiger partial charge in [0.25, 0.3) is 0 Å². The Hall–Kier alpha value is -0.320. The molecule has 6 rings (SSSR count). The SMILES string of the molecule is CC(C)(C1CCC(OCC(O)COC2CCCCC2)CC1)C1CCC(OCC(O)COC2CCC(C(C)(C)C3CCC(OCC4CO4)CC3)CC2)CC1. The largest absolute Gasteiger partial charge is 0.388 e. The Balaban J connectivity index is 0.792. The minimum absolute atomic E-state index is 0.251. The molecule has 5 saturated carbocycles. The predicted molar refractivity (Wildman–Crippen MR) is 209 cm³/mol. The molecule has 0 bridgehead atoms. The molecule has 6 fully saturated rings. The van der Waals surface area contributed by atoms with Gasteiger partial charge in [-0.3, -0.25) is 0 Å². The van der Waals surface area contributed by atoms with Crippen molar-refractivity contribution in [1.29, 1.82) is 0 Å². The smallest absolute Gasteiger partial charge is 0.104 e. The van der Waals surface area contributed by atoms with Gasteiger partial charge in [-0.25, -0.2) is 0 Å². The number of aliphatic hydroxyl groups excluding tert-OH is 2. The van der Waals surface area contributed by atoms with Gasteiger partial charge in [-0.15, -0.1) is 0 Å². The van der Waals surface area contributed by atoms with Gasteiger partial charge in [0.15, 0.2) is 0 Å². The van der Waals surface area contributed by atoms with Crippen LogP contribution in [0.5, 0.6) is 0 Å². The Kier molecular flexibility index (Phi) is 16.3. The third kappa shape index (κ3) is 12.8. The van der Waals surface area contributed by atoms with Crippen LogP contribution < -0.4 is 0 Å². The van der Waals surface area contributed by atoms with Crippen molar-refractivity contribution in [3.8, 4) is 0 Å². The van der Waals surface area contributed by atoms with E-state index in [0.717, 1.165) is 82.3 Å². The molecule has 0 aromatic carbocycles. The molecule has 53 heavy (non-hydrogen) atoms. The molecule has 2 N–H and O–H groups in total. The Morgan fingerprint density at radius 2 is 0.717 bits per heavy atom. The van der Waals surface area contributed by atoms with Gasteiger partial charge < -0.3 is 38.6 Å². The fourth-order valence-corrected chi connectivity index (χ4v) is 11.3. The van der Waals surface area contributed by atoms with E-state index in [4.69, 9.17) is 28.4 Å². The van der Waals surface area contributed by atoms with Gasteiger partial charge in [-0.05, 0) is 150 Å². The first-order chi connectivity index (χ1) is 25.6. The van der Waals surface area contributed by atoms with Crippen molar-refractivity contribution in [2.24, 2.45) is 34.5 Å². The molecule has 0 amide bonds. The van der Waals surface area contributed by atoms with Crippen molar-refractivity contribution in [2.75, 3.05) is 39.6 Å². The molecule has 3 unspecified atom stereocenters. The molecule has 1 saturated heterocycles. The zero-order valence-corrected chi connectivity index (χ0v) is 34.4. The monoisotopic (exact) mass is 749 g/mol. The number of hydrogen-bond acceptors (Lipinski definition) is 8. The summed E-state index contributed by atoms with van der Waals surface area (Å²) in [5, 5.41) is 21.2. The summed E-state index contributed by atoms with van der Waals surface area (Å²) < 4.78 is 36.1. The van der Waals surface area contributed by atoms with Crippen LogP contribution in [0.15, 0.2) is 0 Å². The Morgan fingerprint density at radius 3 is 1.02 bits per heavy atom. The van der Waals surface area contributed by atoms with Crippen LogP contribution in [0.25, 0.3) is 0 Å². The average molecular weight is 749 g/mol. The molecule has 6 aliphatic rings. The lowest BCUT2D eigenvalue weighted by molar-refractivity contribution is -0.0905. The molecule has 0 spiro atoms. The van der Waals surface area contributed by atoms with Gasteiger partial charge in [0.05, 0.1) is 70.2 Å². The number of epoxide rings is 1. The highest BCUT2D eigenvalue weighted by Gasteiger charge is 2.42. The lowest BCUT2D eigenvalue weighted by atomic mass is 9.60. The molecule has 3 atom stereocenters. The van der Waals surface area contributed by atoms with E-state index in [9.17, 15) is 10.2 Å². The standard InChI is InChI=1S/C45H80O8/c1-44(2,32-10-18-39(19-11-32)49-27-36(46)26-48-38-8-6-5-7-9-38)33-12-20-40(21-13-33)50-28-37(47)29-51-41-22-14-34(15-23-41)45(3,4)35-16-24-42(25-17-35)52-30-43-31-53-43/h32-43,46-47H,5-31H2,1-4H3.